The summed E-state index contributed by atoms with van der Waals surface area (Å²) in [6, 6.07) is 8.08. The summed E-state index contributed by atoms with van der Waals surface area (Å²) in [6.45, 7) is 6.49. The van der Waals surface area contributed by atoms with Crippen LogP contribution in [-0.4, -0.2) is 38.5 Å². The molecule has 0 radical (unpaired) electrons. The van der Waals surface area contributed by atoms with Gasteiger partial charge >= 0.3 is 0 Å². The molecule has 0 bridgehead atoms. The molecule has 2 N–H and O–H groups in total. The van der Waals surface area contributed by atoms with E-state index in [1.807, 2.05) is 31.2 Å². The second kappa shape index (κ2) is 6.13. The number of aromatic nitrogens is 4. The molecular weight excluding hydrogens is 372 g/mol. The molecule has 4 aromatic rings. The number of pyridine rings is 1. The van der Waals surface area contributed by atoms with Crippen LogP contribution in [0.25, 0.3) is 38.5 Å². The molecule has 0 saturated carbocycles. The molecule has 1 amide bonds. The van der Waals surface area contributed by atoms with Crippen molar-refractivity contribution in [3.63, 3.8) is 0 Å². The van der Waals surface area contributed by atoms with Crippen molar-refractivity contribution in [2.24, 2.45) is 7.05 Å². The fourth-order valence-electron chi connectivity index (χ4n) is 3.60. The average molecular weight is 390 g/mol. The summed E-state index contributed by atoms with van der Waals surface area (Å²) < 4.78 is 1.07. The molecule has 1 aliphatic heterocycles. The molecule has 1 aliphatic rings. The van der Waals surface area contributed by atoms with Gasteiger partial charge in [-0.3, -0.25) is 4.79 Å². The van der Waals surface area contributed by atoms with Crippen molar-refractivity contribution in [2.75, 3.05) is 11.9 Å². The van der Waals surface area contributed by atoms with Gasteiger partial charge in [-0.15, -0.1) is 11.3 Å². The van der Waals surface area contributed by atoms with Crippen LogP contribution in [0.2, 0.25) is 0 Å². The van der Waals surface area contributed by atoms with Gasteiger partial charge in [0, 0.05) is 35.1 Å². The number of rotatable bonds is 2. The Morgan fingerprint density at radius 3 is 2.96 bits per heavy atom. The molecule has 140 valence electrons. The number of hydrogen-bond donors (Lipinski definition) is 2. The van der Waals surface area contributed by atoms with Crippen LogP contribution in [0.4, 0.5) is 5.69 Å². The van der Waals surface area contributed by atoms with Gasteiger partial charge in [0.25, 0.3) is 5.91 Å². The molecular formula is C20H18N6OS. The van der Waals surface area contributed by atoms with Crippen LogP contribution in [0.15, 0.2) is 30.8 Å². The average Bonchev–Trinajstić information content (AvgIpc) is 3.22. The summed E-state index contributed by atoms with van der Waals surface area (Å²) in [7, 11) is 1.78. The Balaban J connectivity index is 1.73. The zero-order chi connectivity index (χ0) is 19.4. The van der Waals surface area contributed by atoms with Crippen molar-refractivity contribution < 1.29 is 4.79 Å². The van der Waals surface area contributed by atoms with E-state index in [0.717, 1.165) is 37.2 Å². The molecule has 0 fully saturated rings. The SMILES string of the molecule is C=Cc1nn(C)nc1-c1ccc2c(ccc3sc4c(c32)NC[C@@H](C)NC4=O)n1. The predicted molar refractivity (Wildman–Crippen MR) is 113 cm³/mol. The Bertz CT molecular complexity index is 1270. The van der Waals surface area contributed by atoms with Gasteiger partial charge in [-0.25, -0.2) is 4.98 Å². The summed E-state index contributed by atoms with van der Waals surface area (Å²) in [6.07, 6.45) is 1.68. The van der Waals surface area contributed by atoms with Crippen LogP contribution in [0, 0.1) is 0 Å². The first kappa shape index (κ1) is 16.9. The molecule has 28 heavy (non-hydrogen) atoms. The standard InChI is InChI=1S/C20H18N6OS/c1-4-12-17(25-26(3)24-12)14-6-5-11-13(23-14)7-8-15-16(11)18-19(28-15)20(27)22-10(2)9-21-18/h4-8,10,21H,1,9H2,2-3H3,(H,22,27)/t10-/m1/s1. The van der Waals surface area contributed by atoms with E-state index in [0.29, 0.717) is 17.9 Å². The fraction of sp³-hybridized carbons (Fsp3) is 0.200. The van der Waals surface area contributed by atoms with Gasteiger partial charge in [0.1, 0.15) is 16.3 Å². The summed E-state index contributed by atoms with van der Waals surface area (Å²) >= 11 is 1.51. The highest BCUT2D eigenvalue weighted by Crippen LogP contribution is 2.41. The largest absolute Gasteiger partial charge is 0.381 e. The van der Waals surface area contributed by atoms with E-state index >= 15 is 0 Å². The molecule has 0 aliphatic carbocycles. The third-order valence-electron chi connectivity index (χ3n) is 4.87. The van der Waals surface area contributed by atoms with Crippen LogP contribution in [0.3, 0.4) is 0 Å². The number of nitrogens with one attached hydrogen (secondary N) is 2. The number of fused-ring (bicyclic) bond motifs is 5. The molecule has 7 nitrogen and oxygen atoms in total. The Kier molecular flexibility index (Phi) is 3.70. The van der Waals surface area contributed by atoms with Gasteiger partial charge in [-0.1, -0.05) is 6.58 Å². The number of benzene rings is 1. The predicted octanol–water partition coefficient (Wildman–Crippen LogP) is 3.43. The van der Waals surface area contributed by atoms with E-state index in [-0.39, 0.29) is 11.9 Å². The van der Waals surface area contributed by atoms with Gasteiger partial charge in [0.2, 0.25) is 0 Å². The smallest absolute Gasteiger partial charge is 0.263 e. The lowest BCUT2D eigenvalue weighted by Gasteiger charge is -2.10. The minimum atomic E-state index is -0.0263. The van der Waals surface area contributed by atoms with Gasteiger partial charge < -0.3 is 10.6 Å². The van der Waals surface area contributed by atoms with Crippen molar-refractivity contribution >= 4 is 50.0 Å². The van der Waals surface area contributed by atoms with Gasteiger partial charge in [0.15, 0.2) is 0 Å². The highest BCUT2D eigenvalue weighted by Gasteiger charge is 2.25. The van der Waals surface area contributed by atoms with Crippen LogP contribution >= 0.6 is 11.3 Å². The van der Waals surface area contributed by atoms with Gasteiger partial charge in [-0.2, -0.15) is 15.0 Å². The minimum absolute atomic E-state index is 0.0263. The monoisotopic (exact) mass is 390 g/mol. The normalized spacial score (nSPS) is 16.5. The van der Waals surface area contributed by atoms with E-state index in [2.05, 4.69) is 27.4 Å². The van der Waals surface area contributed by atoms with Crippen LogP contribution in [0.1, 0.15) is 22.3 Å². The Labute approximate surface area is 165 Å². The zero-order valence-electron chi connectivity index (χ0n) is 15.5. The lowest BCUT2D eigenvalue weighted by atomic mass is 10.1. The third kappa shape index (κ3) is 2.49. The van der Waals surface area contributed by atoms with Crippen molar-refractivity contribution in [1.82, 2.24) is 25.3 Å². The van der Waals surface area contributed by atoms with Gasteiger partial charge in [0.05, 0.1) is 16.9 Å². The third-order valence-corrected chi connectivity index (χ3v) is 6.02. The molecule has 1 aromatic carbocycles. The van der Waals surface area contributed by atoms with Crippen molar-refractivity contribution in [1.29, 1.82) is 0 Å². The molecule has 4 heterocycles. The first-order chi connectivity index (χ1) is 13.5. The molecule has 0 spiro atoms. The highest BCUT2D eigenvalue weighted by molar-refractivity contribution is 7.21. The maximum Gasteiger partial charge on any atom is 0.263 e. The number of thiophene rings is 1. The summed E-state index contributed by atoms with van der Waals surface area (Å²) in [4.78, 5) is 19.6. The highest BCUT2D eigenvalue weighted by atomic mass is 32.1. The van der Waals surface area contributed by atoms with Crippen molar-refractivity contribution in [2.45, 2.75) is 13.0 Å². The van der Waals surface area contributed by atoms with Crippen molar-refractivity contribution in [3.05, 3.63) is 41.4 Å². The minimum Gasteiger partial charge on any atom is -0.381 e. The quantitative estimate of drug-likeness (QED) is 0.548. The summed E-state index contributed by atoms with van der Waals surface area (Å²) in [5.41, 5.74) is 3.90. The zero-order valence-corrected chi connectivity index (χ0v) is 16.3. The second-order valence-electron chi connectivity index (χ2n) is 6.89. The Morgan fingerprint density at radius 2 is 2.14 bits per heavy atom. The molecule has 0 unspecified atom stereocenters. The Morgan fingerprint density at radius 1 is 1.29 bits per heavy atom. The fourth-order valence-corrected chi connectivity index (χ4v) is 4.70. The van der Waals surface area contributed by atoms with Crippen LogP contribution in [0.5, 0.6) is 0 Å². The number of anilines is 1. The van der Waals surface area contributed by atoms with Gasteiger partial charge in [-0.05, 0) is 37.3 Å². The summed E-state index contributed by atoms with van der Waals surface area (Å²) in [5.74, 6) is -0.0263. The number of carbonyl (C=O) groups excluding carboxylic acids is 1. The molecule has 8 heteroatoms. The number of amides is 1. The lowest BCUT2D eigenvalue weighted by molar-refractivity contribution is 0.0949. The number of aryl methyl sites for hydroxylation is 1. The summed E-state index contributed by atoms with van der Waals surface area (Å²) in [5, 5.41) is 17.3. The topological polar surface area (TPSA) is 84.7 Å². The second-order valence-corrected chi connectivity index (χ2v) is 7.94. The first-order valence-electron chi connectivity index (χ1n) is 9.00. The number of hydrogen-bond acceptors (Lipinski definition) is 6. The van der Waals surface area contributed by atoms with E-state index in [9.17, 15) is 4.79 Å². The number of carbonyl (C=O) groups is 1. The van der Waals surface area contributed by atoms with E-state index < -0.39 is 0 Å². The van der Waals surface area contributed by atoms with E-state index in [1.54, 1.807) is 13.1 Å². The first-order valence-corrected chi connectivity index (χ1v) is 9.82. The molecule has 5 rings (SSSR count). The Hall–Kier alpha value is -3.26. The molecule has 0 saturated heterocycles. The van der Waals surface area contributed by atoms with E-state index in [1.165, 1.54) is 16.1 Å². The molecule has 1 atom stereocenters. The number of nitrogens with zero attached hydrogens (tertiary/aromatic N) is 4. The lowest BCUT2D eigenvalue weighted by Crippen LogP contribution is -2.34. The maximum atomic E-state index is 12.6. The maximum absolute atomic E-state index is 12.6. The molecule has 3 aromatic heterocycles. The van der Waals surface area contributed by atoms with E-state index in [4.69, 9.17) is 4.98 Å². The van der Waals surface area contributed by atoms with Crippen LogP contribution < -0.4 is 10.6 Å². The van der Waals surface area contributed by atoms with Crippen LogP contribution in [-0.2, 0) is 7.05 Å². The van der Waals surface area contributed by atoms with Crippen molar-refractivity contribution in [3.8, 4) is 11.4 Å².